The zero-order valence-corrected chi connectivity index (χ0v) is 16.2. The summed E-state index contributed by atoms with van der Waals surface area (Å²) < 4.78 is 1.24. The van der Waals surface area contributed by atoms with Gasteiger partial charge in [-0.1, -0.05) is 34.1 Å². The van der Waals surface area contributed by atoms with Crippen LogP contribution < -0.4 is 5.32 Å². The van der Waals surface area contributed by atoms with Gasteiger partial charge in [-0.25, -0.2) is 0 Å². The first kappa shape index (κ1) is 17.5. The summed E-state index contributed by atoms with van der Waals surface area (Å²) in [5.41, 5.74) is 0.320. The van der Waals surface area contributed by atoms with Gasteiger partial charge in [-0.3, -0.25) is 4.90 Å². The second-order valence-electron chi connectivity index (χ2n) is 6.39. The standard InChI is InChI=1S/C17H29BrN2S/c1-5-13(4)15-11-20(10-14-8-9-16(18)21-14)17(6-2,7-3)12-19-15/h8-9,13,15,19H,5-7,10-12H2,1-4H3. The Morgan fingerprint density at radius 1 is 1.38 bits per heavy atom. The first-order valence-corrected chi connectivity index (χ1v) is 9.88. The van der Waals surface area contributed by atoms with Crippen molar-refractivity contribution in [2.45, 2.75) is 65.1 Å². The van der Waals surface area contributed by atoms with E-state index in [2.05, 4.69) is 66.0 Å². The lowest BCUT2D eigenvalue weighted by Crippen LogP contribution is -2.65. The zero-order valence-electron chi connectivity index (χ0n) is 13.8. The summed E-state index contributed by atoms with van der Waals surface area (Å²) in [6.07, 6.45) is 3.69. The van der Waals surface area contributed by atoms with Gasteiger partial charge < -0.3 is 5.32 Å². The molecule has 4 heteroatoms. The van der Waals surface area contributed by atoms with E-state index < -0.39 is 0 Å². The molecule has 0 aromatic carbocycles. The molecule has 0 saturated carbocycles. The number of nitrogens with one attached hydrogen (secondary N) is 1. The smallest absolute Gasteiger partial charge is 0.0701 e. The third kappa shape index (κ3) is 3.90. The minimum absolute atomic E-state index is 0.320. The van der Waals surface area contributed by atoms with Crippen molar-refractivity contribution in [3.63, 3.8) is 0 Å². The highest BCUT2D eigenvalue weighted by molar-refractivity contribution is 9.11. The van der Waals surface area contributed by atoms with E-state index in [1.165, 1.54) is 34.5 Å². The van der Waals surface area contributed by atoms with Gasteiger partial charge in [0.1, 0.15) is 0 Å². The average molecular weight is 373 g/mol. The number of halogens is 1. The Morgan fingerprint density at radius 2 is 2.10 bits per heavy atom. The van der Waals surface area contributed by atoms with Crippen molar-refractivity contribution in [3.05, 3.63) is 20.8 Å². The van der Waals surface area contributed by atoms with Gasteiger partial charge in [0.25, 0.3) is 0 Å². The van der Waals surface area contributed by atoms with Crippen molar-refractivity contribution >= 4 is 27.3 Å². The van der Waals surface area contributed by atoms with Crippen LogP contribution >= 0.6 is 27.3 Å². The van der Waals surface area contributed by atoms with E-state index in [-0.39, 0.29) is 0 Å². The monoisotopic (exact) mass is 372 g/mol. The molecule has 0 radical (unpaired) electrons. The summed E-state index contributed by atoms with van der Waals surface area (Å²) in [5.74, 6) is 0.745. The molecule has 1 aromatic rings. The van der Waals surface area contributed by atoms with Crippen LogP contribution in [0.3, 0.4) is 0 Å². The number of hydrogen-bond donors (Lipinski definition) is 1. The van der Waals surface area contributed by atoms with E-state index >= 15 is 0 Å². The second kappa shape index (κ2) is 7.58. The highest BCUT2D eigenvalue weighted by atomic mass is 79.9. The third-order valence-electron chi connectivity index (χ3n) is 5.40. The van der Waals surface area contributed by atoms with Crippen LogP contribution in [0.5, 0.6) is 0 Å². The highest BCUT2D eigenvalue weighted by Gasteiger charge is 2.39. The average Bonchev–Trinajstić information content (AvgIpc) is 2.92. The van der Waals surface area contributed by atoms with E-state index in [1.54, 1.807) is 0 Å². The van der Waals surface area contributed by atoms with E-state index in [9.17, 15) is 0 Å². The largest absolute Gasteiger partial charge is 0.311 e. The molecule has 2 unspecified atom stereocenters. The molecule has 1 N–H and O–H groups in total. The van der Waals surface area contributed by atoms with Crippen LogP contribution in [0.2, 0.25) is 0 Å². The molecule has 0 amide bonds. The molecule has 0 aliphatic carbocycles. The summed E-state index contributed by atoms with van der Waals surface area (Å²) in [6.45, 7) is 12.7. The minimum atomic E-state index is 0.320. The summed E-state index contributed by atoms with van der Waals surface area (Å²) in [6, 6.07) is 5.07. The van der Waals surface area contributed by atoms with Gasteiger partial charge in [-0.2, -0.15) is 0 Å². The fourth-order valence-corrected chi connectivity index (χ4v) is 4.90. The Balaban J connectivity index is 2.16. The first-order chi connectivity index (χ1) is 10.0. The topological polar surface area (TPSA) is 15.3 Å². The molecule has 2 atom stereocenters. The SMILES string of the molecule is CCC(C)C1CN(Cc2ccc(Br)s2)C(CC)(CC)CN1. The molecular weight excluding hydrogens is 344 g/mol. The maximum Gasteiger partial charge on any atom is 0.0701 e. The van der Waals surface area contributed by atoms with Crippen molar-refractivity contribution in [1.29, 1.82) is 0 Å². The summed E-state index contributed by atoms with van der Waals surface area (Å²) in [5, 5.41) is 3.84. The Morgan fingerprint density at radius 3 is 2.62 bits per heavy atom. The second-order valence-corrected chi connectivity index (χ2v) is 8.94. The van der Waals surface area contributed by atoms with Gasteiger partial charge >= 0.3 is 0 Å². The van der Waals surface area contributed by atoms with Crippen LogP contribution in [0.15, 0.2) is 15.9 Å². The number of thiophene rings is 1. The lowest BCUT2D eigenvalue weighted by Gasteiger charge is -2.50. The quantitative estimate of drug-likeness (QED) is 0.764. The summed E-state index contributed by atoms with van der Waals surface area (Å²) in [7, 11) is 0. The van der Waals surface area contributed by atoms with Crippen LogP contribution in [0.25, 0.3) is 0 Å². The molecule has 1 aromatic heterocycles. The molecule has 2 heterocycles. The van der Waals surface area contributed by atoms with Gasteiger partial charge in [-0.15, -0.1) is 11.3 Å². The third-order valence-corrected chi connectivity index (χ3v) is 7.01. The Labute approximate surface area is 142 Å². The molecule has 120 valence electrons. The molecule has 1 aliphatic heterocycles. The van der Waals surface area contributed by atoms with Gasteiger partial charge in [0, 0.05) is 36.1 Å². The lowest BCUT2D eigenvalue weighted by atomic mass is 9.84. The number of hydrogen-bond acceptors (Lipinski definition) is 3. The van der Waals surface area contributed by atoms with E-state index in [0.29, 0.717) is 11.6 Å². The highest BCUT2D eigenvalue weighted by Crippen LogP contribution is 2.32. The predicted molar refractivity (Wildman–Crippen MR) is 97.0 cm³/mol. The van der Waals surface area contributed by atoms with E-state index in [4.69, 9.17) is 0 Å². The van der Waals surface area contributed by atoms with Gasteiger partial charge in [0.2, 0.25) is 0 Å². The van der Waals surface area contributed by atoms with E-state index in [1.807, 2.05) is 11.3 Å². The number of rotatable bonds is 6. The molecule has 1 fully saturated rings. The molecule has 1 aliphatic rings. The maximum atomic E-state index is 3.84. The Bertz CT molecular complexity index is 442. The van der Waals surface area contributed by atoms with Crippen LogP contribution in [0, 0.1) is 5.92 Å². The molecular formula is C17H29BrN2S. The van der Waals surface area contributed by atoms with E-state index in [0.717, 1.165) is 19.0 Å². The van der Waals surface area contributed by atoms with Crippen molar-refractivity contribution in [1.82, 2.24) is 10.2 Å². The Kier molecular flexibility index (Phi) is 6.30. The van der Waals surface area contributed by atoms with Crippen molar-refractivity contribution in [2.24, 2.45) is 5.92 Å². The summed E-state index contributed by atoms with van der Waals surface area (Å²) in [4.78, 5) is 4.22. The van der Waals surface area contributed by atoms with Crippen molar-refractivity contribution in [3.8, 4) is 0 Å². The van der Waals surface area contributed by atoms with Gasteiger partial charge in [0.05, 0.1) is 3.79 Å². The maximum absolute atomic E-state index is 3.84. The molecule has 21 heavy (non-hydrogen) atoms. The fraction of sp³-hybridized carbons (Fsp3) is 0.765. The molecule has 0 spiro atoms. The van der Waals surface area contributed by atoms with Crippen molar-refractivity contribution in [2.75, 3.05) is 13.1 Å². The molecule has 2 rings (SSSR count). The van der Waals surface area contributed by atoms with Gasteiger partial charge in [0.15, 0.2) is 0 Å². The molecule has 2 nitrogen and oxygen atoms in total. The fourth-order valence-electron chi connectivity index (χ4n) is 3.40. The normalized spacial score (nSPS) is 24.1. The summed E-state index contributed by atoms with van der Waals surface area (Å²) >= 11 is 5.47. The first-order valence-electron chi connectivity index (χ1n) is 8.27. The van der Waals surface area contributed by atoms with Gasteiger partial charge in [-0.05, 0) is 46.8 Å². The molecule has 1 saturated heterocycles. The number of piperazine rings is 1. The Hall–Kier alpha value is 0.1000. The zero-order chi connectivity index (χ0) is 15.5. The number of nitrogens with zero attached hydrogens (tertiary/aromatic N) is 1. The van der Waals surface area contributed by atoms with Crippen LogP contribution in [-0.2, 0) is 6.54 Å². The predicted octanol–water partition coefficient (Wildman–Crippen LogP) is 4.89. The van der Waals surface area contributed by atoms with Crippen LogP contribution in [-0.4, -0.2) is 29.6 Å². The minimum Gasteiger partial charge on any atom is -0.311 e. The van der Waals surface area contributed by atoms with Crippen molar-refractivity contribution < 1.29 is 0 Å². The van der Waals surface area contributed by atoms with Crippen LogP contribution in [0.1, 0.15) is 51.8 Å². The van der Waals surface area contributed by atoms with Crippen LogP contribution in [0.4, 0.5) is 0 Å². The molecule has 0 bridgehead atoms. The lowest BCUT2D eigenvalue weighted by molar-refractivity contribution is 0.0144.